The summed E-state index contributed by atoms with van der Waals surface area (Å²) in [7, 11) is 1.31. The van der Waals surface area contributed by atoms with Crippen molar-refractivity contribution in [3.63, 3.8) is 0 Å². The molecule has 0 bridgehead atoms. The van der Waals surface area contributed by atoms with Crippen molar-refractivity contribution in [2.75, 3.05) is 7.11 Å². The molecule has 0 saturated heterocycles. The average Bonchev–Trinajstić information content (AvgIpc) is 2.01. The van der Waals surface area contributed by atoms with Gasteiger partial charge < -0.3 is 4.74 Å². The van der Waals surface area contributed by atoms with Crippen molar-refractivity contribution in [3.05, 3.63) is 32.3 Å². The largest absolute Gasteiger partial charge is 0.490 e. The summed E-state index contributed by atoms with van der Waals surface area (Å²) in [5, 5.41) is 10.8. The molecule has 0 fully saturated rings. The summed E-state index contributed by atoms with van der Waals surface area (Å²) >= 11 is 11.2. The van der Waals surface area contributed by atoms with Gasteiger partial charge in [0.25, 0.3) is 0 Å². The van der Waals surface area contributed by atoms with E-state index in [1.807, 2.05) is 0 Å². The summed E-state index contributed by atoms with van der Waals surface area (Å²) in [6.07, 6.45) is 0. The molecule has 0 amide bonds. The number of methoxy groups -OCH3 is 1. The molecule has 0 aliphatic carbocycles. The molecule has 1 rings (SSSR count). The molecule has 0 atom stereocenters. The van der Waals surface area contributed by atoms with Crippen LogP contribution >= 0.6 is 23.2 Å². The van der Waals surface area contributed by atoms with Crippen LogP contribution in [0.3, 0.4) is 0 Å². The smallest absolute Gasteiger partial charge is 0.329 e. The zero-order valence-electron chi connectivity index (χ0n) is 6.58. The molecule has 6 heteroatoms. The maximum atomic E-state index is 10.5. The molecule has 0 spiro atoms. The van der Waals surface area contributed by atoms with Crippen molar-refractivity contribution in [1.82, 2.24) is 0 Å². The van der Waals surface area contributed by atoms with Crippen LogP contribution in [-0.4, -0.2) is 12.0 Å². The van der Waals surface area contributed by atoms with Crippen LogP contribution in [-0.2, 0) is 0 Å². The minimum Gasteiger partial charge on any atom is -0.490 e. The van der Waals surface area contributed by atoms with E-state index in [4.69, 9.17) is 27.9 Å². The summed E-state index contributed by atoms with van der Waals surface area (Å²) in [5.74, 6) is 0.0579. The van der Waals surface area contributed by atoms with Gasteiger partial charge in [-0.25, -0.2) is 0 Å². The predicted molar refractivity (Wildman–Crippen MR) is 49.7 cm³/mol. The highest BCUT2D eigenvalue weighted by Crippen LogP contribution is 2.37. The van der Waals surface area contributed by atoms with Gasteiger partial charge in [-0.1, -0.05) is 23.2 Å². The number of nitro groups is 1. The maximum absolute atomic E-state index is 10.5. The second-order valence-corrected chi connectivity index (χ2v) is 3.04. The molecular formula is C7H5Cl2NO3. The number of halogens is 2. The Hall–Kier alpha value is -1.00. The van der Waals surface area contributed by atoms with E-state index in [2.05, 4.69) is 0 Å². The Balaban J connectivity index is 3.38. The van der Waals surface area contributed by atoms with E-state index in [-0.39, 0.29) is 16.5 Å². The number of nitrogens with zero attached hydrogens (tertiary/aromatic N) is 1. The van der Waals surface area contributed by atoms with Crippen LogP contribution in [0.5, 0.6) is 5.75 Å². The van der Waals surface area contributed by atoms with E-state index in [1.165, 1.54) is 19.2 Å². The monoisotopic (exact) mass is 221 g/mol. The lowest BCUT2D eigenvalue weighted by Gasteiger charge is -2.02. The average molecular weight is 222 g/mol. The number of benzene rings is 1. The zero-order valence-corrected chi connectivity index (χ0v) is 8.09. The summed E-state index contributed by atoms with van der Waals surface area (Å²) in [4.78, 5) is 9.90. The van der Waals surface area contributed by atoms with Crippen LogP contribution in [0.25, 0.3) is 0 Å². The fraction of sp³-hybridized carbons (Fsp3) is 0.143. The molecule has 0 heterocycles. The van der Waals surface area contributed by atoms with E-state index < -0.39 is 4.92 Å². The third-order valence-corrected chi connectivity index (χ3v) is 1.90. The van der Waals surface area contributed by atoms with E-state index in [0.717, 1.165) is 0 Å². The van der Waals surface area contributed by atoms with Gasteiger partial charge in [0.15, 0.2) is 5.75 Å². The summed E-state index contributed by atoms with van der Waals surface area (Å²) in [6.45, 7) is 0. The van der Waals surface area contributed by atoms with Gasteiger partial charge in [0.05, 0.1) is 12.0 Å². The SMILES string of the molecule is COc1cc(Cl)cc(Cl)c1[N+](=O)[O-]. The first kappa shape index (κ1) is 10.1. The van der Waals surface area contributed by atoms with Crippen LogP contribution in [0.4, 0.5) is 5.69 Å². The van der Waals surface area contributed by atoms with E-state index in [1.54, 1.807) is 0 Å². The highest BCUT2D eigenvalue weighted by molar-refractivity contribution is 6.36. The topological polar surface area (TPSA) is 52.4 Å². The number of nitro benzene ring substituents is 1. The summed E-state index contributed by atoms with van der Waals surface area (Å²) in [6, 6.07) is 2.63. The first-order valence-corrected chi connectivity index (χ1v) is 3.99. The van der Waals surface area contributed by atoms with Gasteiger partial charge in [-0.05, 0) is 6.07 Å². The molecule has 0 aromatic heterocycles. The van der Waals surface area contributed by atoms with Crippen LogP contribution < -0.4 is 4.74 Å². The first-order chi connectivity index (χ1) is 6.06. The van der Waals surface area contributed by atoms with Gasteiger partial charge in [-0.3, -0.25) is 10.1 Å². The molecule has 0 aliphatic heterocycles. The summed E-state index contributed by atoms with van der Waals surface area (Å²) in [5.41, 5.74) is -0.270. The molecule has 0 aliphatic rings. The number of rotatable bonds is 2. The highest BCUT2D eigenvalue weighted by atomic mass is 35.5. The van der Waals surface area contributed by atoms with Gasteiger partial charge in [-0.2, -0.15) is 0 Å². The molecule has 70 valence electrons. The molecule has 0 radical (unpaired) electrons. The normalized spacial score (nSPS) is 9.77. The van der Waals surface area contributed by atoms with E-state index in [9.17, 15) is 10.1 Å². The van der Waals surface area contributed by atoms with Gasteiger partial charge in [0, 0.05) is 11.1 Å². The fourth-order valence-corrected chi connectivity index (χ4v) is 1.42. The number of hydrogen-bond donors (Lipinski definition) is 0. The Morgan fingerprint density at radius 1 is 1.46 bits per heavy atom. The van der Waals surface area contributed by atoms with Crippen molar-refractivity contribution in [1.29, 1.82) is 0 Å². The Morgan fingerprint density at radius 2 is 2.08 bits per heavy atom. The van der Waals surface area contributed by atoms with Gasteiger partial charge in [0.1, 0.15) is 5.02 Å². The minimum absolute atomic E-state index is 0.0330. The number of ether oxygens (including phenoxy) is 1. The van der Waals surface area contributed by atoms with Crippen LogP contribution in [0, 0.1) is 10.1 Å². The molecule has 0 unspecified atom stereocenters. The van der Waals surface area contributed by atoms with Crippen molar-refractivity contribution >= 4 is 28.9 Å². The molecule has 1 aromatic carbocycles. The van der Waals surface area contributed by atoms with Crippen LogP contribution in [0.1, 0.15) is 0 Å². The quantitative estimate of drug-likeness (QED) is 0.570. The second-order valence-electron chi connectivity index (χ2n) is 2.20. The van der Waals surface area contributed by atoms with E-state index in [0.29, 0.717) is 5.02 Å². The standard InChI is InChI=1S/C7H5Cl2NO3/c1-13-6-3-4(8)2-5(9)7(6)10(11)12/h2-3H,1H3. The molecule has 0 saturated carbocycles. The van der Waals surface area contributed by atoms with Crippen LogP contribution in [0.15, 0.2) is 12.1 Å². The lowest BCUT2D eigenvalue weighted by Crippen LogP contribution is -1.94. The van der Waals surface area contributed by atoms with Crippen molar-refractivity contribution in [2.45, 2.75) is 0 Å². The Labute approximate surface area is 84.2 Å². The third-order valence-electron chi connectivity index (χ3n) is 1.40. The molecule has 4 nitrogen and oxygen atoms in total. The van der Waals surface area contributed by atoms with Gasteiger partial charge in [-0.15, -0.1) is 0 Å². The van der Waals surface area contributed by atoms with Crippen LogP contribution in [0.2, 0.25) is 10.0 Å². The molecule has 1 aromatic rings. The maximum Gasteiger partial charge on any atom is 0.329 e. The van der Waals surface area contributed by atoms with Crippen molar-refractivity contribution in [3.8, 4) is 5.75 Å². The lowest BCUT2D eigenvalue weighted by molar-refractivity contribution is -0.385. The highest BCUT2D eigenvalue weighted by Gasteiger charge is 2.20. The minimum atomic E-state index is -0.614. The van der Waals surface area contributed by atoms with Crippen molar-refractivity contribution < 1.29 is 9.66 Å². The molecular weight excluding hydrogens is 217 g/mol. The molecule has 13 heavy (non-hydrogen) atoms. The summed E-state index contributed by atoms with van der Waals surface area (Å²) < 4.78 is 4.76. The van der Waals surface area contributed by atoms with Gasteiger partial charge >= 0.3 is 5.69 Å². The predicted octanol–water partition coefficient (Wildman–Crippen LogP) is 2.91. The van der Waals surface area contributed by atoms with Gasteiger partial charge in [0.2, 0.25) is 0 Å². The van der Waals surface area contributed by atoms with E-state index >= 15 is 0 Å². The first-order valence-electron chi connectivity index (χ1n) is 3.23. The fourth-order valence-electron chi connectivity index (χ4n) is 0.875. The van der Waals surface area contributed by atoms with Crippen molar-refractivity contribution in [2.24, 2.45) is 0 Å². The second kappa shape index (κ2) is 3.81. The zero-order chi connectivity index (χ0) is 10.0. The Kier molecular flexibility index (Phi) is 2.95. The number of hydrogen-bond acceptors (Lipinski definition) is 3. The Bertz CT molecular complexity index is 354. The third kappa shape index (κ3) is 2.02. The Morgan fingerprint density at radius 3 is 2.54 bits per heavy atom. The molecule has 0 N–H and O–H groups in total. The lowest BCUT2D eigenvalue weighted by atomic mass is 10.3.